The van der Waals surface area contributed by atoms with Crippen molar-refractivity contribution in [2.75, 3.05) is 18.6 Å². The minimum atomic E-state index is -0.242. The Morgan fingerprint density at radius 3 is 2.51 bits per heavy atom. The zero-order valence-electron chi connectivity index (χ0n) is 19.8. The first-order valence-electron chi connectivity index (χ1n) is 11.9. The molecule has 1 amide bonds. The lowest BCUT2D eigenvalue weighted by Crippen LogP contribution is -2.48. The van der Waals surface area contributed by atoms with Gasteiger partial charge in [0.2, 0.25) is 5.82 Å². The standard InChI is InChI=1S/C27H29ClN6O/c1-33(16-15-20-7-3-2-4-8-20)19-21-11-13-22(14-12-21)27(35)32-34(23-9-5-6-10-23)26-24(28)18-30-25(17-29)31-26/h2-4,7-8,11-14,18,23H,5-6,9-10,15-16,19H2,1H3,(H,32,35). The van der Waals surface area contributed by atoms with Gasteiger partial charge in [-0.1, -0.05) is 66.9 Å². The van der Waals surface area contributed by atoms with Crippen molar-refractivity contribution in [3.63, 3.8) is 0 Å². The lowest BCUT2D eigenvalue weighted by Gasteiger charge is -2.30. The molecule has 1 fully saturated rings. The minimum absolute atomic E-state index is 0.0161. The number of hydrazine groups is 1. The van der Waals surface area contributed by atoms with Crippen molar-refractivity contribution in [1.29, 1.82) is 5.26 Å². The van der Waals surface area contributed by atoms with E-state index in [2.05, 4.69) is 51.6 Å². The van der Waals surface area contributed by atoms with Crippen molar-refractivity contribution in [1.82, 2.24) is 20.3 Å². The van der Waals surface area contributed by atoms with Crippen LogP contribution in [-0.4, -0.2) is 40.4 Å². The fourth-order valence-corrected chi connectivity index (χ4v) is 4.53. The van der Waals surface area contributed by atoms with E-state index in [1.807, 2.05) is 36.4 Å². The molecule has 8 heteroatoms. The Hall–Kier alpha value is -3.47. The third-order valence-electron chi connectivity index (χ3n) is 6.26. The highest BCUT2D eigenvalue weighted by molar-refractivity contribution is 6.32. The van der Waals surface area contributed by atoms with Gasteiger partial charge in [-0.2, -0.15) is 10.2 Å². The van der Waals surface area contributed by atoms with Gasteiger partial charge in [0.15, 0.2) is 5.82 Å². The molecule has 0 spiro atoms. The first-order valence-corrected chi connectivity index (χ1v) is 12.3. The van der Waals surface area contributed by atoms with Crippen molar-refractivity contribution in [3.05, 3.63) is 88.3 Å². The van der Waals surface area contributed by atoms with Crippen LogP contribution in [-0.2, 0) is 13.0 Å². The highest BCUT2D eigenvalue weighted by Crippen LogP contribution is 2.30. The van der Waals surface area contributed by atoms with Gasteiger partial charge in [-0.3, -0.25) is 15.2 Å². The van der Waals surface area contributed by atoms with E-state index < -0.39 is 0 Å². The molecule has 35 heavy (non-hydrogen) atoms. The monoisotopic (exact) mass is 488 g/mol. The molecule has 0 radical (unpaired) electrons. The molecule has 0 aliphatic heterocycles. The highest BCUT2D eigenvalue weighted by Gasteiger charge is 2.28. The van der Waals surface area contributed by atoms with Gasteiger partial charge in [-0.25, -0.2) is 4.98 Å². The van der Waals surface area contributed by atoms with E-state index in [0.717, 1.165) is 50.8 Å². The number of nitriles is 1. The summed E-state index contributed by atoms with van der Waals surface area (Å²) in [6.45, 7) is 1.75. The maximum absolute atomic E-state index is 13.1. The largest absolute Gasteiger partial charge is 0.302 e. The highest BCUT2D eigenvalue weighted by atomic mass is 35.5. The fourth-order valence-electron chi connectivity index (χ4n) is 4.35. The average Bonchev–Trinajstić information content (AvgIpc) is 3.42. The van der Waals surface area contributed by atoms with Gasteiger partial charge in [-0.05, 0) is 49.6 Å². The Morgan fingerprint density at radius 1 is 1.11 bits per heavy atom. The molecular formula is C27H29ClN6O. The normalized spacial score (nSPS) is 13.5. The van der Waals surface area contributed by atoms with Crippen LogP contribution in [0.4, 0.5) is 5.82 Å². The van der Waals surface area contributed by atoms with E-state index in [4.69, 9.17) is 11.6 Å². The van der Waals surface area contributed by atoms with Crippen LogP contribution in [0.15, 0.2) is 60.8 Å². The van der Waals surface area contributed by atoms with Gasteiger partial charge >= 0.3 is 0 Å². The van der Waals surface area contributed by atoms with Gasteiger partial charge in [-0.15, -0.1) is 0 Å². The van der Waals surface area contributed by atoms with Crippen LogP contribution >= 0.6 is 11.6 Å². The number of rotatable bonds is 9. The molecule has 1 N–H and O–H groups in total. The third kappa shape index (κ3) is 6.56. The van der Waals surface area contributed by atoms with Gasteiger partial charge in [0.1, 0.15) is 11.1 Å². The summed E-state index contributed by atoms with van der Waals surface area (Å²) in [6, 6.07) is 20.1. The second-order valence-corrected chi connectivity index (χ2v) is 9.30. The number of carbonyl (C=O) groups is 1. The molecule has 1 aromatic heterocycles. The van der Waals surface area contributed by atoms with Crippen LogP contribution < -0.4 is 10.4 Å². The van der Waals surface area contributed by atoms with Crippen molar-refractivity contribution in [2.24, 2.45) is 0 Å². The summed E-state index contributed by atoms with van der Waals surface area (Å²) in [5, 5.41) is 11.2. The number of nitrogens with one attached hydrogen (secondary N) is 1. The van der Waals surface area contributed by atoms with Crippen LogP contribution in [0.3, 0.4) is 0 Å². The average molecular weight is 489 g/mol. The lowest BCUT2D eigenvalue weighted by atomic mass is 10.1. The summed E-state index contributed by atoms with van der Waals surface area (Å²) in [6.07, 6.45) is 6.36. The Labute approximate surface area is 211 Å². The smallest absolute Gasteiger partial charge is 0.269 e. The van der Waals surface area contributed by atoms with Crippen LogP contribution in [0.5, 0.6) is 0 Å². The number of hydrogen-bond donors (Lipinski definition) is 1. The van der Waals surface area contributed by atoms with Gasteiger partial charge in [0, 0.05) is 18.7 Å². The van der Waals surface area contributed by atoms with Crippen molar-refractivity contribution in [2.45, 2.75) is 44.7 Å². The van der Waals surface area contributed by atoms with Crippen LogP contribution in [0.25, 0.3) is 0 Å². The molecule has 2 aromatic carbocycles. The Kier molecular flexibility index (Phi) is 8.30. The molecule has 1 aliphatic carbocycles. The number of carbonyl (C=O) groups excluding carboxylic acids is 1. The van der Waals surface area contributed by atoms with Gasteiger partial charge in [0.25, 0.3) is 5.91 Å². The third-order valence-corrected chi connectivity index (χ3v) is 6.53. The summed E-state index contributed by atoms with van der Waals surface area (Å²) < 4.78 is 0. The number of hydrogen-bond acceptors (Lipinski definition) is 6. The number of likely N-dealkylation sites (N-methyl/N-ethyl adjacent to an activating group) is 1. The summed E-state index contributed by atoms with van der Waals surface area (Å²) in [4.78, 5) is 23.6. The van der Waals surface area contributed by atoms with Crippen LogP contribution in [0, 0.1) is 11.3 Å². The number of benzene rings is 2. The second-order valence-electron chi connectivity index (χ2n) is 8.90. The topological polar surface area (TPSA) is 85.2 Å². The van der Waals surface area contributed by atoms with Crippen molar-refractivity contribution < 1.29 is 4.79 Å². The first-order chi connectivity index (χ1) is 17.0. The molecule has 1 heterocycles. The fraction of sp³-hybridized carbons (Fsp3) is 0.333. The molecular weight excluding hydrogens is 460 g/mol. The molecule has 1 saturated carbocycles. The SMILES string of the molecule is CN(CCc1ccccc1)Cc1ccc(C(=O)NN(c2nc(C#N)ncc2Cl)C2CCCC2)cc1. The molecule has 0 bridgehead atoms. The molecule has 7 nitrogen and oxygen atoms in total. The van der Waals surface area contributed by atoms with Gasteiger partial charge in [0.05, 0.1) is 12.2 Å². The quantitative estimate of drug-likeness (QED) is 0.437. The van der Waals surface area contributed by atoms with E-state index in [9.17, 15) is 10.1 Å². The predicted molar refractivity (Wildman–Crippen MR) is 137 cm³/mol. The Bertz CT molecular complexity index is 1170. The first kappa shape index (κ1) is 24.6. The van der Waals surface area contributed by atoms with E-state index in [1.54, 1.807) is 5.01 Å². The second kappa shape index (κ2) is 11.8. The van der Waals surface area contributed by atoms with Crippen LogP contribution in [0.1, 0.15) is 53.0 Å². The van der Waals surface area contributed by atoms with Crippen LogP contribution in [0.2, 0.25) is 5.02 Å². The van der Waals surface area contributed by atoms with E-state index >= 15 is 0 Å². The molecule has 3 aromatic rings. The predicted octanol–water partition coefficient (Wildman–Crippen LogP) is 4.77. The summed E-state index contributed by atoms with van der Waals surface area (Å²) in [5.41, 5.74) is 6.00. The Balaban J connectivity index is 1.41. The number of anilines is 1. The Morgan fingerprint density at radius 2 is 1.83 bits per heavy atom. The van der Waals surface area contributed by atoms with Crippen molar-refractivity contribution in [3.8, 4) is 6.07 Å². The zero-order chi connectivity index (χ0) is 24.6. The molecule has 1 aliphatic rings. The minimum Gasteiger partial charge on any atom is -0.302 e. The molecule has 0 saturated heterocycles. The molecule has 0 unspecified atom stereocenters. The maximum atomic E-state index is 13.1. The molecule has 0 atom stereocenters. The number of amides is 1. The maximum Gasteiger partial charge on any atom is 0.269 e. The van der Waals surface area contributed by atoms with E-state index in [0.29, 0.717) is 16.4 Å². The van der Waals surface area contributed by atoms with E-state index in [-0.39, 0.29) is 17.8 Å². The van der Waals surface area contributed by atoms with Crippen molar-refractivity contribution >= 4 is 23.3 Å². The molecule has 180 valence electrons. The zero-order valence-corrected chi connectivity index (χ0v) is 20.6. The molecule has 4 rings (SSSR count). The lowest BCUT2D eigenvalue weighted by molar-refractivity contribution is 0.0944. The summed E-state index contributed by atoms with van der Waals surface area (Å²) >= 11 is 6.36. The number of nitrogens with zero attached hydrogens (tertiary/aromatic N) is 5. The summed E-state index contributed by atoms with van der Waals surface area (Å²) in [7, 11) is 2.10. The van der Waals surface area contributed by atoms with E-state index in [1.165, 1.54) is 11.8 Å². The summed E-state index contributed by atoms with van der Waals surface area (Å²) in [5.74, 6) is 0.131. The van der Waals surface area contributed by atoms with Gasteiger partial charge < -0.3 is 4.90 Å². The number of aromatic nitrogens is 2. The number of halogens is 1.